The average molecular weight is 577 g/mol. The summed E-state index contributed by atoms with van der Waals surface area (Å²) >= 11 is 0. The molecule has 0 spiro atoms. The molecule has 1 saturated heterocycles. The minimum absolute atomic E-state index is 0.0862. The van der Waals surface area contributed by atoms with Gasteiger partial charge >= 0.3 is 5.97 Å². The lowest BCUT2D eigenvalue weighted by Crippen LogP contribution is -2.17. The number of nitrogens with zero attached hydrogens (tertiary/aromatic N) is 2. The maximum Gasteiger partial charge on any atom is 0.337 e. The van der Waals surface area contributed by atoms with Crippen molar-refractivity contribution in [3.8, 4) is 34.3 Å². The van der Waals surface area contributed by atoms with Crippen LogP contribution in [0.3, 0.4) is 0 Å². The highest BCUT2D eigenvalue weighted by Crippen LogP contribution is 2.36. The minimum atomic E-state index is -0.461. The van der Waals surface area contributed by atoms with E-state index in [4.69, 9.17) is 14.2 Å². The summed E-state index contributed by atoms with van der Waals surface area (Å²) in [4.78, 5) is 29.9. The van der Waals surface area contributed by atoms with Crippen molar-refractivity contribution in [2.75, 3.05) is 38.0 Å². The van der Waals surface area contributed by atoms with Crippen LogP contribution in [-0.2, 0) is 27.3 Å². The van der Waals surface area contributed by atoms with E-state index >= 15 is 0 Å². The maximum absolute atomic E-state index is 13.3. The highest BCUT2D eigenvalue weighted by molar-refractivity contribution is 5.99. The first-order valence-electron chi connectivity index (χ1n) is 13.9. The van der Waals surface area contributed by atoms with Crippen molar-refractivity contribution in [2.45, 2.75) is 26.4 Å². The Labute approximate surface area is 250 Å². The van der Waals surface area contributed by atoms with Crippen LogP contribution in [0.1, 0.15) is 39.0 Å². The summed E-state index contributed by atoms with van der Waals surface area (Å²) in [7, 11) is 3.03. The van der Waals surface area contributed by atoms with E-state index in [-0.39, 0.29) is 18.9 Å². The largest absolute Gasteiger partial charge is 0.473 e. The summed E-state index contributed by atoms with van der Waals surface area (Å²) in [5.74, 6) is -0.169. The number of aromatic nitrogens is 1. The van der Waals surface area contributed by atoms with Crippen LogP contribution in [0.15, 0.2) is 66.7 Å². The number of carbonyl (C=O) groups is 2. The third kappa shape index (κ3) is 6.66. The number of ether oxygens (including phenoxy) is 3. The van der Waals surface area contributed by atoms with Gasteiger partial charge in [0.1, 0.15) is 6.61 Å². The third-order valence-electron chi connectivity index (χ3n) is 7.27. The van der Waals surface area contributed by atoms with E-state index < -0.39 is 5.97 Å². The molecule has 3 aromatic carbocycles. The zero-order chi connectivity index (χ0) is 30.3. The summed E-state index contributed by atoms with van der Waals surface area (Å²) in [5, 5.41) is 15.6. The van der Waals surface area contributed by atoms with Crippen molar-refractivity contribution in [3.05, 3.63) is 94.5 Å². The second kappa shape index (κ2) is 13.2. The molecule has 9 nitrogen and oxygen atoms in total. The first-order valence-corrected chi connectivity index (χ1v) is 13.9. The van der Waals surface area contributed by atoms with Gasteiger partial charge in [-0.05, 0) is 83.6 Å². The number of anilines is 2. The molecule has 1 fully saturated rings. The van der Waals surface area contributed by atoms with Crippen molar-refractivity contribution in [1.82, 2.24) is 4.98 Å². The van der Waals surface area contributed by atoms with Gasteiger partial charge < -0.3 is 24.8 Å². The van der Waals surface area contributed by atoms with Crippen molar-refractivity contribution in [3.63, 3.8) is 0 Å². The smallest absolute Gasteiger partial charge is 0.337 e. The average Bonchev–Trinajstić information content (AvgIpc) is 2.99. The lowest BCUT2D eigenvalue weighted by molar-refractivity contribution is -0.115. The van der Waals surface area contributed by atoms with Crippen LogP contribution >= 0.6 is 0 Å². The van der Waals surface area contributed by atoms with Crippen molar-refractivity contribution in [1.29, 1.82) is 5.26 Å². The van der Waals surface area contributed by atoms with Gasteiger partial charge in [-0.3, -0.25) is 4.79 Å². The number of esters is 1. The van der Waals surface area contributed by atoms with Gasteiger partial charge in [-0.1, -0.05) is 18.2 Å². The van der Waals surface area contributed by atoms with E-state index in [1.54, 1.807) is 31.3 Å². The first kappa shape index (κ1) is 29.3. The van der Waals surface area contributed by atoms with E-state index in [1.165, 1.54) is 13.5 Å². The minimum Gasteiger partial charge on any atom is -0.473 e. The second-order valence-corrected chi connectivity index (χ2v) is 10.2. The Kier molecular flexibility index (Phi) is 8.99. The van der Waals surface area contributed by atoms with Gasteiger partial charge in [0.25, 0.3) is 0 Å². The Morgan fingerprint density at radius 3 is 2.49 bits per heavy atom. The molecule has 4 aromatic rings. The topological polar surface area (TPSA) is 123 Å². The van der Waals surface area contributed by atoms with E-state index in [2.05, 4.69) is 21.7 Å². The molecule has 0 atom stereocenters. The molecule has 0 unspecified atom stereocenters. The summed E-state index contributed by atoms with van der Waals surface area (Å²) in [6.07, 6.45) is 1.36. The molecule has 2 N–H and O–H groups in total. The van der Waals surface area contributed by atoms with Gasteiger partial charge in [0, 0.05) is 31.9 Å². The predicted octanol–water partition coefficient (Wildman–Crippen LogP) is 5.90. The number of methoxy groups -OCH3 is 1. The first-order chi connectivity index (χ1) is 20.9. The highest BCUT2D eigenvalue weighted by Gasteiger charge is 2.20. The maximum atomic E-state index is 13.3. The summed E-state index contributed by atoms with van der Waals surface area (Å²) < 4.78 is 15.5. The lowest BCUT2D eigenvalue weighted by Gasteiger charge is -2.20. The summed E-state index contributed by atoms with van der Waals surface area (Å²) in [6.45, 7) is 4.25. The molecule has 0 saturated carbocycles. The van der Waals surface area contributed by atoms with Gasteiger partial charge in [-0.15, -0.1) is 0 Å². The number of fused-ring (bicyclic) bond motifs is 7. The monoisotopic (exact) mass is 576 g/mol. The standard InChI is InChI=1S/C31H26N4O4.C3H6O/c1-18-11-22(14-29(36)34-27-10-9-20(31(37)38-3)13-28(27)33-2)25-15-23(18)26-5-4-6-30(35-26)39-17-21-8-7-19(16-32)12-24(21)25;1-2-4-3-1/h4-13,15,33H,14,17H2,1-3H3,(H,34,36);1-3H2. The zero-order valence-electron chi connectivity index (χ0n) is 24.3. The number of amides is 1. The Morgan fingerprint density at radius 1 is 1.00 bits per heavy atom. The summed E-state index contributed by atoms with van der Waals surface area (Å²) in [5.41, 5.74) is 8.04. The number of hydrogen-bond acceptors (Lipinski definition) is 8. The van der Waals surface area contributed by atoms with E-state index in [9.17, 15) is 14.9 Å². The van der Waals surface area contributed by atoms with Crippen LogP contribution in [0.25, 0.3) is 22.4 Å². The fourth-order valence-electron chi connectivity index (χ4n) is 4.88. The molecule has 2 aliphatic rings. The number of hydrogen-bond donors (Lipinski definition) is 2. The third-order valence-corrected chi connectivity index (χ3v) is 7.27. The predicted molar refractivity (Wildman–Crippen MR) is 164 cm³/mol. The van der Waals surface area contributed by atoms with E-state index in [0.29, 0.717) is 28.4 Å². The molecule has 1 aromatic heterocycles. The summed E-state index contributed by atoms with van der Waals surface area (Å²) in [6, 6.07) is 22.3. The van der Waals surface area contributed by atoms with Crippen molar-refractivity contribution in [2.24, 2.45) is 0 Å². The van der Waals surface area contributed by atoms with E-state index in [1.807, 2.05) is 49.4 Å². The molecule has 43 heavy (non-hydrogen) atoms. The van der Waals surface area contributed by atoms with Crippen LogP contribution in [0.4, 0.5) is 11.4 Å². The van der Waals surface area contributed by atoms with Crippen LogP contribution in [-0.4, -0.2) is 44.2 Å². The van der Waals surface area contributed by atoms with Crippen molar-refractivity contribution < 1.29 is 23.8 Å². The number of benzene rings is 3. The normalized spacial score (nSPS) is 12.5. The number of aryl methyl sites for hydroxylation is 1. The van der Waals surface area contributed by atoms with E-state index in [0.717, 1.165) is 52.3 Å². The molecule has 1 amide bonds. The van der Waals surface area contributed by atoms with Crippen molar-refractivity contribution >= 4 is 23.3 Å². The van der Waals surface area contributed by atoms with Gasteiger partial charge in [0.2, 0.25) is 11.8 Å². The molecule has 9 heteroatoms. The molecule has 0 radical (unpaired) electrons. The Morgan fingerprint density at radius 2 is 1.79 bits per heavy atom. The van der Waals surface area contributed by atoms with Crippen LogP contribution in [0, 0.1) is 18.3 Å². The molecule has 218 valence electrons. The SMILES string of the molecule is C1COC1.CNc1cc(C(=O)OC)ccc1NC(=O)Cc1cc(C)c2cc1-c1cc(C#N)ccc1COc1cccc-2n1. The number of nitriles is 1. The molecule has 2 aliphatic heterocycles. The Bertz CT molecular complexity index is 1720. The number of rotatable bonds is 5. The van der Waals surface area contributed by atoms with Crippen LogP contribution in [0.2, 0.25) is 0 Å². The Balaban J connectivity index is 0.000000850. The second-order valence-electron chi connectivity index (χ2n) is 10.2. The van der Waals surface area contributed by atoms with Crippen LogP contribution in [0.5, 0.6) is 5.88 Å². The molecule has 0 aliphatic carbocycles. The number of pyridine rings is 1. The highest BCUT2D eigenvalue weighted by atomic mass is 16.5. The molecular weight excluding hydrogens is 544 g/mol. The van der Waals surface area contributed by atoms with Gasteiger partial charge in [0.05, 0.1) is 47.8 Å². The number of carbonyl (C=O) groups excluding carboxylic acids is 2. The van der Waals surface area contributed by atoms with Crippen LogP contribution < -0.4 is 15.4 Å². The van der Waals surface area contributed by atoms with Gasteiger partial charge in [-0.25, -0.2) is 9.78 Å². The molecule has 3 heterocycles. The molecular formula is C34H32N4O5. The van der Waals surface area contributed by atoms with Gasteiger partial charge in [-0.2, -0.15) is 5.26 Å². The fraction of sp³-hybridized carbons (Fsp3) is 0.235. The zero-order valence-corrected chi connectivity index (χ0v) is 24.3. The quantitative estimate of drug-likeness (QED) is 0.282. The molecule has 4 bridgehead atoms. The Hall–Kier alpha value is -5.20. The number of nitrogens with one attached hydrogen (secondary N) is 2. The molecule has 6 rings (SSSR count). The lowest BCUT2D eigenvalue weighted by atomic mass is 9.88. The van der Waals surface area contributed by atoms with Gasteiger partial charge in [0.15, 0.2) is 0 Å². The fourth-order valence-corrected chi connectivity index (χ4v) is 4.88.